The average Bonchev–Trinajstić information content (AvgIpc) is 2.65. The van der Waals surface area contributed by atoms with Gasteiger partial charge >= 0.3 is 0 Å². The summed E-state index contributed by atoms with van der Waals surface area (Å²) in [5.74, 6) is 0.579. The Morgan fingerprint density at radius 1 is 1.12 bits per heavy atom. The fourth-order valence-corrected chi connectivity index (χ4v) is 3.52. The van der Waals surface area contributed by atoms with Gasteiger partial charge in [0.25, 0.3) is 5.56 Å². The van der Waals surface area contributed by atoms with Crippen molar-refractivity contribution in [3.8, 4) is 11.4 Å². The van der Waals surface area contributed by atoms with Crippen LogP contribution in [0.25, 0.3) is 11.4 Å². The molecule has 0 bridgehead atoms. The molecule has 6 nitrogen and oxygen atoms in total. The second-order valence-electron chi connectivity index (χ2n) is 6.10. The normalized spacial score (nSPS) is 14.2. The summed E-state index contributed by atoms with van der Waals surface area (Å²) in [7, 11) is 0. The minimum absolute atomic E-state index is 0.0763. The number of nitrogens with zero attached hydrogens (tertiary/aromatic N) is 4. The molecular weight excluding hydrogens is 373 g/mol. The number of aromatic nitrogens is 4. The Kier molecular flexibility index (Phi) is 4.72. The first-order chi connectivity index (χ1) is 12.6. The van der Waals surface area contributed by atoms with Crippen LogP contribution in [0.4, 0.5) is 0 Å². The highest BCUT2D eigenvalue weighted by Crippen LogP contribution is 2.25. The van der Waals surface area contributed by atoms with E-state index in [4.69, 9.17) is 23.2 Å². The van der Waals surface area contributed by atoms with Gasteiger partial charge in [-0.2, -0.15) is 0 Å². The van der Waals surface area contributed by atoms with E-state index >= 15 is 0 Å². The van der Waals surface area contributed by atoms with Gasteiger partial charge in [-0.3, -0.25) is 9.69 Å². The van der Waals surface area contributed by atoms with Gasteiger partial charge < -0.3 is 4.98 Å². The van der Waals surface area contributed by atoms with Crippen molar-refractivity contribution in [1.29, 1.82) is 0 Å². The molecule has 26 heavy (non-hydrogen) atoms. The van der Waals surface area contributed by atoms with Crippen molar-refractivity contribution >= 4 is 23.2 Å². The van der Waals surface area contributed by atoms with Crippen molar-refractivity contribution in [3.05, 3.63) is 74.1 Å². The third-order valence-electron chi connectivity index (χ3n) is 4.42. The molecule has 1 N–H and O–H groups in total. The van der Waals surface area contributed by atoms with E-state index in [1.54, 1.807) is 0 Å². The second-order valence-corrected chi connectivity index (χ2v) is 6.82. The molecule has 0 saturated carbocycles. The van der Waals surface area contributed by atoms with Crippen molar-refractivity contribution in [2.45, 2.75) is 19.5 Å². The van der Waals surface area contributed by atoms with Crippen LogP contribution < -0.4 is 5.56 Å². The summed E-state index contributed by atoms with van der Waals surface area (Å²) in [5, 5.41) is 0.694. The summed E-state index contributed by atoms with van der Waals surface area (Å²) in [6.07, 6.45) is 1.96. The predicted octanol–water partition coefficient (Wildman–Crippen LogP) is 3.09. The molecule has 2 aromatic heterocycles. The van der Waals surface area contributed by atoms with Crippen molar-refractivity contribution < 1.29 is 0 Å². The van der Waals surface area contributed by atoms with Crippen LogP contribution in [0.2, 0.25) is 10.3 Å². The van der Waals surface area contributed by atoms with Gasteiger partial charge in [-0.15, -0.1) is 0 Å². The van der Waals surface area contributed by atoms with Crippen LogP contribution >= 0.6 is 23.2 Å². The fraction of sp³-hybridized carbons (Fsp3) is 0.222. The summed E-state index contributed by atoms with van der Waals surface area (Å²) in [6, 6.07) is 9.61. The molecule has 132 valence electrons. The van der Waals surface area contributed by atoms with Crippen LogP contribution in [0, 0.1) is 0 Å². The molecule has 1 aliphatic heterocycles. The minimum Gasteiger partial charge on any atom is -0.306 e. The molecule has 8 heteroatoms. The lowest BCUT2D eigenvalue weighted by Gasteiger charge is -2.28. The molecule has 3 aromatic rings. The number of rotatable bonds is 3. The average molecular weight is 388 g/mol. The molecule has 4 rings (SSSR count). The summed E-state index contributed by atoms with van der Waals surface area (Å²) in [6.45, 7) is 1.76. The maximum atomic E-state index is 12.5. The fourth-order valence-electron chi connectivity index (χ4n) is 3.09. The van der Waals surface area contributed by atoms with Gasteiger partial charge in [-0.1, -0.05) is 53.5 Å². The van der Waals surface area contributed by atoms with E-state index in [-0.39, 0.29) is 5.56 Å². The Morgan fingerprint density at radius 2 is 1.85 bits per heavy atom. The number of H-pyrrole nitrogens is 1. The first kappa shape index (κ1) is 17.1. The summed E-state index contributed by atoms with van der Waals surface area (Å²) in [5.41, 5.74) is 3.01. The summed E-state index contributed by atoms with van der Waals surface area (Å²) in [4.78, 5) is 30.1. The zero-order chi connectivity index (χ0) is 18.1. The molecule has 0 radical (unpaired) electrons. The Balaban J connectivity index is 1.64. The third kappa shape index (κ3) is 3.35. The molecule has 3 heterocycles. The summed E-state index contributed by atoms with van der Waals surface area (Å²) < 4.78 is 0. The predicted molar refractivity (Wildman–Crippen MR) is 100 cm³/mol. The Bertz CT molecular complexity index is 986. The number of benzene rings is 1. The molecule has 0 spiro atoms. The molecule has 1 aliphatic rings. The molecule has 1 aromatic carbocycles. The Labute approximate surface area is 159 Å². The number of fused-ring (bicyclic) bond motifs is 1. The van der Waals surface area contributed by atoms with Gasteiger partial charge in [0, 0.05) is 36.3 Å². The van der Waals surface area contributed by atoms with E-state index in [1.807, 2.05) is 30.3 Å². The highest BCUT2D eigenvalue weighted by molar-refractivity contribution is 6.34. The topological polar surface area (TPSA) is 74.8 Å². The Hall–Kier alpha value is -2.28. The maximum absolute atomic E-state index is 12.5. The molecule has 0 saturated heterocycles. The van der Waals surface area contributed by atoms with Crippen LogP contribution in [-0.2, 0) is 19.5 Å². The van der Waals surface area contributed by atoms with Gasteiger partial charge in [-0.25, -0.2) is 15.0 Å². The lowest BCUT2D eigenvalue weighted by molar-refractivity contribution is 0.240. The van der Waals surface area contributed by atoms with Crippen LogP contribution in [0.1, 0.15) is 16.8 Å². The lowest BCUT2D eigenvalue weighted by atomic mass is 10.1. The Morgan fingerprint density at radius 3 is 2.58 bits per heavy atom. The largest absolute Gasteiger partial charge is 0.306 e. The van der Waals surface area contributed by atoms with E-state index in [1.165, 1.54) is 6.33 Å². The van der Waals surface area contributed by atoms with E-state index in [9.17, 15) is 4.79 Å². The van der Waals surface area contributed by atoms with Crippen LogP contribution in [0.3, 0.4) is 0 Å². The van der Waals surface area contributed by atoms with Gasteiger partial charge in [0.05, 0.1) is 5.69 Å². The minimum atomic E-state index is -0.0763. The van der Waals surface area contributed by atoms with Gasteiger partial charge in [0.15, 0.2) is 0 Å². The molecule has 0 amide bonds. The van der Waals surface area contributed by atoms with Crippen molar-refractivity contribution in [2.24, 2.45) is 0 Å². The SMILES string of the molecule is O=c1[nH]c(-c2ccccc2)nc2c1CCN(Cc1c(Cl)ncnc1Cl)C2. The monoisotopic (exact) mass is 387 g/mol. The zero-order valence-corrected chi connectivity index (χ0v) is 15.3. The number of halogens is 2. The molecular formula is C18H15Cl2N5O. The van der Waals surface area contributed by atoms with Crippen molar-refractivity contribution in [1.82, 2.24) is 24.8 Å². The molecule has 0 aliphatic carbocycles. The van der Waals surface area contributed by atoms with Crippen LogP contribution in [-0.4, -0.2) is 31.4 Å². The summed E-state index contributed by atoms with van der Waals surface area (Å²) >= 11 is 12.3. The van der Waals surface area contributed by atoms with E-state index in [2.05, 4.69) is 24.8 Å². The third-order valence-corrected chi connectivity index (χ3v) is 5.07. The standard InChI is InChI=1S/C18H15Cl2N5O/c19-15-13(16(20)22-10-21-15)8-25-7-6-12-14(9-25)23-17(24-18(12)26)11-4-2-1-3-5-11/h1-5,10H,6-9H2,(H,23,24,26). The van der Waals surface area contributed by atoms with Gasteiger partial charge in [0.1, 0.15) is 22.5 Å². The van der Waals surface area contributed by atoms with E-state index in [0.717, 1.165) is 16.8 Å². The van der Waals surface area contributed by atoms with Crippen molar-refractivity contribution in [3.63, 3.8) is 0 Å². The highest BCUT2D eigenvalue weighted by atomic mass is 35.5. The number of hydrogen-bond acceptors (Lipinski definition) is 5. The van der Waals surface area contributed by atoms with Crippen LogP contribution in [0.15, 0.2) is 41.5 Å². The smallest absolute Gasteiger partial charge is 0.254 e. The van der Waals surface area contributed by atoms with Crippen LogP contribution in [0.5, 0.6) is 0 Å². The number of nitrogens with one attached hydrogen (secondary N) is 1. The van der Waals surface area contributed by atoms with Gasteiger partial charge in [0.2, 0.25) is 0 Å². The van der Waals surface area contributed by atoms with E-state index in [0.29, 0.717) is 47.7 Å². The molecule has 0 unspecified atom stereocenters. The first-order valence-electron chi connectivity index (χ1n) is 8.16. The molecule has 0 fully saturated rings. The molecule has 0 atom stereocenters. The quantitative estimate of drug-likeness (QED) is 0.698. The zero-order valence-electron chi connectivity index (χ0n) is 13.7. The van der Waals surface area contributed by atoms with Crippen molar-refractivity contribution in [2.75, 3.05) is 6.54 Å². The second kappa shape index (κ2) is 7.15. The first-order valence-corrected chi connectivity index (χ1v) is 8.92. The van der Waals surface area contributed by atoms with Gasteiger partial charge in [-0.05, 0) is 6.42 Å². The lowest BCUT2D eigenvalue weighted by Crippen LogP contribution is -2.35. The van der Waals surface area contributed by atoms with E-state index < -0.39 is 0 Å². The number of hydrogen-bond donors (Lipinski definition) is 1. The number of aromatic amines is 1. The maximum Gasteiger partial charge on any atom is 0.254 e. The highest BCUT2D eigenvalue weighted by Gasteiger charge is 2.23.